The van der Waals surface area contributed by atoms with Crippen molar-refractivity contribution in [1.82, 2.24) is 0 Å². The topological polar surface area (TPSA) is 26.0 Å². The average molecular weight is 189 g/mol. The molecule has 1 atom stereocenters. The number of hydrogen-bond acceptors (Lipinski definition) is 1. The second kappa shape index (κ2) is 3.39. The maximum absolute atomic E-state index is 5.95. The summed E-state index contributed by atoms with van der Waals surface area (Å²) in [6.07, 6.45) is 2.70. The van der Waals surface area contributed by atoms with E-state index in [0.717, 1.165) is 12.5 Å². The molecular formula is C13H19N. The summed E-state index contributed by atoms with van der Waals surface area (Å²) in [6.45, 7) is 5.27. The molecule has 1 heteroatoms. The number of nitrogens with two attached hydrogens (primary N) is 1. The van der Waals surface area contributed by atoms with Crippen molar-refractivity contribution < 1.29 is 0 Å². The van der Waals surface area contributed by atoms with Crippen molar-refractivity contribution in [3.05, 3.63) is 35.4 Å². The van der Waals surface area contributed by atoms with Crippen molar-refractivity contribution in [2.75, 3.05) is 6.54 Å². The number of benzene rings is 1. The highest BCUT2D eigenvalue weighted by Gasteiger charge is 2.42. The van der Waals surface area contributed by atoms with Gasteiger partial charge in [-0.15, -0.1) is 0 Å². The van der Waals surface area contributed by atoms with Gasteiger partial charge in [0.2, 0.25) is 0 Å². The molecular weight excluding hydrogens is 170 g/mol. The third-order valence-corrected chi connectivity index (χ3v) is 3.66. The molecule has 1 fully saturated rings. The predicted octanol–water partition coefficient (Wildman–Crippen LogP) is 2.62. The minimum Gasteiger partial charge on any atom is -0.330 e. The average Bonchev–Trinajstić information content (AvgIpc) is 3.01. The summed E-state index contributed by atoms with van der Waals surface area (Å²) in [7, 11) is 0. The fourth-order valence-electron chi connectivity index (χ4n) is 2.43. The van der Waals surface area contributed by atoms with Gasteiger partial charge < -0.3 is 5.73 Å². The first kappa shape index (κ1) is 9.72. The van der Waals surface area contributed by atoms with E-state index in [1.807, 2.05) is 0 Å². The van der Waals surface area contributed by atoms with Crippen LogP contribution in [-0.2, 0) is 5.41 Å². The smallest absolute Gasteiger partial charge is 0.00781 e. The number of rotatable bonds is 3. The molecule has 0 spiro atoms. The molecule has 1 aromatic carbocycles. The lowest BCUT2D eigenvalue weighted by molar-refractivity contribution is 0.418. The van der Waals surface area contributed by atoms with Crippen LogP contribution >= 0.6 is 0 Å². The Morgan fingerprint density at radius 2 is 2.00 bits per heavy atom. The largest absolute Gasteiger partial charge is 0.330 e. The predicted molar refractivity (Wildman–Crippen MR) is 60.3 cm³/mol. The molecule has 0 aromatic heterocycles. The van der Waals surface area contributed by atoms with Crippen LogP contribution in [0.1, 0.15) is 30.9 Å². The van der Waals surface area contributed by atoms with Crippen LogP contribution in [0.25, 0.3) is 0 Å². The first-order valence-corrected chi connectivity index (χ1v) is 5.44. The molecule has 1 aliphatic carbocycles. The van der Waals surface area contributed by atoms with E-state index in [2.05, 4.69) is 38.1 Å². The normalized spacial score (nSPS) is 20.5. The van der Waals surface area contributed by atoms with Crippen LogP contribution in [0.15, 0.2) is 24.3 Å². The quantitative estimate of drug-likeness (QED) is 0.777. The Morgan fingerprint density at radius 1 is 1.36 bits per heavy atom. The first-order valence-electron chi connectivity index (χ1n) is 5.44. The Morgan fingerprint density at radius 3 is 2.50 bits per heavy atom. The van der Waals surface area contributed by atoms with Gasteiger partial charge in [-0.05, 0) is 36.8 Å². The lowest BCUT2D eigenvalue weighted by Gasteiger charge is -2.30. The molecule has 0 amide bonds. The zero-order valence-corrected chi connectivity index (χ0v) is 9.09. The van der Waals surface area contributed by atoms with E-state index in [-0.39, 0.29) is 5.41 Å². The lowest BCUT2D eigenvalue weighted by Crippen LogP contribution is -2.34. The van der Waals surface area contributed by atoms with Crippen molar-refractivity contribution in [1.29, 1.82) is 0 Å². The molecule has 0 heterocycles. The van der Waals surface area contributed by atoms with Crippen LogP contribution in [0.5, 0.6) is 0 Å². The van der Waals surface area contributed by atoms with E-state index in [1.165, 1.54) is 24.0 Å². The van der Waals surface area contributed by atoms with Crippen LogP contribution in [0.2, 0.25) is 0 Å². The molecule has 1 aliphatic rings. The molecule has 76 valence electrons. The molecule has 0 saturated heterocycles. The minimum absolute atomic E-state index is 0.214. The molecule has 0 bridgehead atoms. The highest BCUT2D eigenvalue weighted by atomic mass is 14.6. The SMILES string of the molecule is Cc1ccccc1C(C)(CN)C1CC1. The maximum Gasteiger partial charge on any atom is 0.00781 e. The highest BCUT2D eigenvalue weighted by molar-refractivity contribution is 5.35. The summed E-state index contributed by atoms with van der Waals surface area (Å²) < 4.78 is 0. The summed E-state index contributed by atoms with van der Waals surface area (Å²) in [5, 5.41) is 0. The van der Waals surface area contributed by atoms with Gasteiger partial charge in [-0.1, -0.05) is 31.2 Å². The van der Waals surface area contributed by atoms with Gasteiger partial charge in [0.1, 0.15) is 0 Å². The molecule has 2 rings (SSSR count). The van der Waals surface area contributed by atoms with Crippen molar-refractivity contribution in [3.63, 3.8) is 0 Å². The summed E-state index contributed by atoms with van der Waals surface area (Å²) >= 11 is 0. The second-order valence-corrected chi connectivity index (χ2v) is 4.71. The summed E-state index contributed by atoms with van der Waals surface area (Å²) in [6, 6.07) is 8.65. The van der Waals surface area contributed by atoms with Gasteiger partial charge in [0.25, 0.3) is 0 Å². The molecule has 1 unspecified atom stereocenters. The van der Waals surface area contributed by atoms with Crippen LogP contribution in [0, 0.1) is 12.8 Å². The fraction of sp³-hybridized carbons (Fsp3) is 0.538. The zero-order valence-electron chi connectivity index (χ0n) is 9.09. The van der Waals surface area contributed by atoms with E-state index in [9.17, 15) is 0 Å². The second-order valence-electron chi connectivity index (χ2n) is 4.71. The Hall–Kier alpha value is -0.820. The maximum atomic E-state index is 5.95. The molecule has 1 aromatic rings. The number of hydrogen-bond donors (Lipinski definition) is 1. The van der Waals surface area contributed by atoms with E-state index < -0.39 is 0 Å². The Kier molecular flexibility index (Phi) is 2.36. The van der Waals surface area contributed by atoms with Gasteiger partial charge in [-0.25, -0.2) is 0 Å². The van der Waals surface area contributed by atoms with Crippen LogP contribution < -0.4 is 5.73 Å². The van der Waals surface area contributed by atoms with Crippen LogP contribution in [-0.4, -0.2) is 6.54 Å². The summed E-state index contributed by atoms with van der Waals surface area (Å²) in [5.41, 5.74) is 8.99. The summed E-state index contributed by atoms with van der Waals surface area (Å²) in [4.78, 5) is 0. The molecule has 0 aliphatic heterocycles. The van der Waals surface area contributed by atoms with Crippen molar-refractivity contribution in [2.24, 2.45) is 11.7 Å². The van der Waals surface area contributed by atoms with E-state index in [1.54, 1.807) is 0 Å². The Labute approximate surface area is 86.3 Å². The van der Waals surface area contributed by atoms with Crippen molar-refractivity contribution in [3.8, 4) is 0 Å². The summed E-state index contributed by atoms with van der Waals surface area (Å²) in [5.74, 6) is 0.814. The van der Waals surface area contributed by atoms with E-state index in [4.69, 9.17) is 5.73 Å². The van der Waals surface area contributed by atoms with Gasteiger partial charge in [0, 0.05) is 12.0 Å². The van der Waals surface area contributed by atoms with Gasteiger partial charge >= 0.3 is 0 Å². The van der Waals surface area contributed by atoms with Crippen molar-refractivity contribution >= 4 is 0 Å². The monoisotopic (exact) mass is 189 g/mol. The van der Waals surface area contributed by atoms with Crippen molar-refractivity contribution in [2.45, 2.75) is 32.1 Å². The third kappa shape index (κ3) is 1.46. The Balaban J connectivity index is 2.40. The van der Waals surface area contributed by atoms with Gasteiger partial charge in [0.15, 0.2) is 0 Å². The molecule has 2 N–H and O–H groups in total. The minimum atomic E-state index is 0.214. The zero-order chi connectivity index (χ0) is 10.2. The van der Waals surface area contributed by atoms with Gasteiger partial charge in [-0.3, -0.25) is 0 Å². The molecule has 1 saturated carbocycles. The van der Waals surface area contributed by atoms with Crippen LogP contribution in [0.3, 0.4) is 0 Å². The Bertz CT molecular complexity index is 328. The van der Waals surface area contributed by atoms with E-state index >= 15 is 0 Å². The fourth-order valence-corrected chi connectivity index (χ4v) is 2.43. The van der Waals surface area contributed by atoms with Gasteiger partial charge in [0.05, 0.1) is 0 Å². The van der Waals surface area contributed by atoms with E-state index in [0.29, 0.717) is 0 Å². The standard InChI is InChI=1S/C13H19N/c1-10-5-3-4-6-12(10)13(2,9-14)11-7-8-11/h3-6,11H,7-9,14H2,1-2H3. The number of aryl methyl sites for hydroxylation is 1. The lowest BCUT2D eigenvalue weighted by atomic mass is 9.76. The highest BCUT2D eigenvalue weighted by Crippen LogP contribution is 2.47. The van der Waals surface area contributed by atoms with Crippen LogP contribution in [0.4, 0.5) is 0 Å². The first-order chi connectivity index (χ1) is 6.68. The molecule has 0 radical (unpaired) electrons. The van der Waals surface area contributed by atoms with Gasteiger partial charge in [-0.2, -0.15) is 0 Å². The molecule has 1 nitrogen and oxygen atoms in total. The third-order valence-electron chi connectivity index (χ3n) is 3.66. The molecule has 14 heavy (non-hydrogen) atoms.